The van der Waals surface area contributed by atoms with Gasteiger partial charge in [-0.2, -0.15) is 12.6 Å². The van der Waals surface area contributed by atoms with Crippen LogP contribution in [0.2, 0.25) is 0 Å². The third-order valence-electron chi connectivity index (χ3n) is 0.313. The molecule has 0 fully saturated rings. The highest BCUT2D eigenvalue weighted by Gasteiger charge is 2.05. The summed E-state index contributed by atoms with van der Waals surface area (Å²) >= 11 is 3.50. The highest BCUT2D eigenvalue weighted by atomic mass is 32.1. The molecule has 48 valence electrons. The lowest BCUT2D eigenvalue weighted by molar-refractivity contribution is -0.131. The number of carbonyl (C=O) groups excluding carboxylic acids is 1. The van der Waals surface area contributed by atoms with Crippen molar-refractivity contribution in [3.05, 3.63) is 0 Å². The largest absolute Gasteiger partial charge is 0.394 e. The van der Waals surface area contributed by atoms with Gasteiger partial charge < -0.3 is 14.3 Å². The predicted octanol–water partition coefficient (Wildman–Crippen LogP) is -0.329. The molecule has 8 heavy (non-hydrogen) atoms. The molecule has 0 aromatic heterocycles. The molecular formula is C2H5O4PS. The molecule has 0 radical (unpaired) electrons. The van der Waals surface area contributed by atoms with Gasteiger partial charge >= 0.3 is 14.6 Å². The lowest BCUT2D eigenvalue weighted by atomic mass is 10.8. The molecule has 0 bridgehead atoms. The standard InChI is InChI=1S/C2H5O4PS/c3-2(1-8)6-7(4)5/h4-5,8H,1H2. The Morgan fingerprint density at radius 2 is 2.25 bits per heavy atom. The van der Waals surface area contributed by atoms with Crippen LogP contribution in [0.15, 0.2) is 0 Å². The summed E-state index contributed by atoms with van der Waals surface area (Å²) in [5.41, 5.74) is 0. The summed E-state index contributed by atoms with van der Waals surface area (Å²) in [6.07, 6.45) is 0. The van der Waals surface area contributed by atoms with Crippen molar-refractivity contribution in [3.63, 3.8) is 0 Å². The number of hydrogen-bond donors (Lipinski definition) is 3. The average molecular weight is 156 g/mol. The summed E-state index contributed by atoms with van der Waals surface area (Å²) in [6.45, 7) is 0. The zero-order chi connectivity index (χ0) is 6.57. The Bertz CT molecular complexity index is 84.1. The van der Waals surface area contributed by atoms with Crippen molar-refractivity contribution in [2.45, 2.75) is 0 Å². The van der Waals surface area contributed by atoms with E-state index in [-0.39, 0.29) is 5.75 Å². The second-order valence-corrected chi connectivity index (χ2v) is 1.88. The van der Waals surface area contributed by atoms with Crippen molar-refractivity contribution in [2.24, 2.45) is 0 Å². The fraction of sp³-hybridized carbons (Fsp3) is 0.500. The zero-order valence-corrected chi connectivity index (χ0v) is 5.60. The van der Waals surface area contributed by atoms with Crippen molar-refractivity contribution >= 4 is 27.2 Å². The minimum absolute atomic E-state index is 0.139. The molecular weight excluding hydrogens is 151 g/mol. The van der Waals surface area contributed by atoms with Gasteiger partial charge in [0.2, 0.25) is 0 Å². The normalized spacial score (nSPS) is 9.50. The molecule has 0 saturated heterocycles. The van der Waals surface area contributed by atoms with Crippen LogP contribution in [0.25, 0.3) is 0 Å². The quantitative estimate of drug-likeness (QED) is 0.378. The maximum absolute atomic E-state index is 10.0. The maximum atomic E-state index is 10.0. The smallest absolute Gasteiger partial charge is 0.393 e. The van der Waals surface area contributed by atoms with E-state index in [0.29, 0.717) is 0 Å². The number of hydrogen-bond acceptors (Lipinski definition) is 5. The highest BCUT2D eigenvalue weighted by Crippen LogP contribution is 2.24. The third kappa shape index (κ3) is 4.33. The zero-order valence-electron chi connectivity index (χ0n) is 3.81. The average Bonchev–Trinajstić information content (AvgIpc) is 1.65. The Hall–Kier alpha value is 0.170. The van der Waals surface area contributed by atoms with Crippen LogP contribution in [0.4, 0.5) is 0 Å². The molecule has 0 unspecified atom stereocenters. The van der Waals surface area contributed by atoms with Gasteiger partial charge in [-0.1, -0.05) is 0 Å². The molecule has 2 N–H and O–H groups in total. The molecule has 6 heteroatoms. The lowest BCUT2D eigenvalue weighted by Gasteiger charge is -1.98. The Kier molecular flexibility index (Phi) is 4.18. The number of thiol groups is 1. The predicted molar refractivity (Wildman–Crippen MR) is 31.3 cm³/mol. The first-order valence-corrected chi connectivity index (χ1v) is 3.46. The van der Waals surface area contributed by atoms with Crippen LogP contribution in [0, 0.1) is 0 Å². The van der Waals surface area contributed by atoms with Gasteiger partial charge in [0.1, 0.15) is 0 Å². The van der Waals surface area contributed by atoms with Crippen LogP contribution < -0.4 is 0 Å². The van der Waals surface area contributed by atoms with Crippen molar-refractivity contribution < 1.29 is 19.1 Å². The first-order chi connectivity index (χ1) is 3.66. The second kappa shape index (κ2) is 4.09. The van der Waals surface area contributed by atoms with Gasteiger partial charge in [0, 0.05) is 0 Å². The summed E-state index contributed by atoms with van der Waals surface area (Å²) in [6, 6.07) is 0. The van der Waals surface area contributed by atoms with Crippen LogP contribution in [0.1, 0.15) is 0 Å². The van der Waals surface area contributed by atoms with Crippen LogP contribution in [0.5, 0.6) is 0 Å². The van der Waals surface area contributed by atoms with Gasteiger partial charge in [-0.3, -0.25) is 4.79 Å². The van der Waals surface area contributed by atoms with Crippen molar-refractivity contribution in [1.29, 1.82) is 0 Å². The molecule has 0 heterocycles. The van der Waals surface area contributed by atoms with Crippen LogP contribution in [-0.2, 0) is 9.32 Å². The first-order valence-electron chi connectivity index (χ1n) is 1.66. The van der Waals surface area contributed by atoms with Crippen molar-refractivity contribution in [2.75, 3.05) is 5.75 Å². The van der Waals surface area contributed by atoms with Crippen molar-refractivity contribution in [1.82, 2.24) is 0 Å². The monoisotopic (exact) mass is 156 g/mol. The maximum Gasteiger partial charge on any atom is 0.393 e. The molecule has 0 spiro atoms. The Morgan fingerprint density at radius 1 is 1.75 bits per heavy atom. The van der Waals surface area contributed by atoms with E-state index >= 15 is 0 Å². The summed E-state index contributed by atoms with van der Waals surface area (Å²) in [5.74, 6) is -0.871. The first kappa shape index (κ1) is 8.17. The minimum Gasteiger partial charge on any atom is -0.394 e. The molecule has 0 saturated carbocycles. The van der Waals surface area contributed by atoms with Crippen LogP contribution in [-0.4, -0.2) is 21.5 Å². The van der Waals surface area contributed by atoms with Crippen molar-refractivity contribution in [3.8, 4) is 0 Å². The summed E-state index contributed by atoms with van der Waals surface area (Å²) < 4.78 is 3.86. The Labute approximate surface area is 52.9 Å². The molecule has 0 aromatic rings. The van der Waals surface area contributed by atoms with E-state index in [0.717, 1.165) is 0 Å². The van der Waals surface area contributed by atoms with Gasteiger partial charge in [-0.25, -0.2) is 0 Å². The molecule has 0 aromatic carbocycles. The molecule has 0 rings (SSSR count). The molecule has 4 nitrogen and oxygen atoms in total. The molecule has 0 aliphatic rings. The van der Waals surface area contributed by atoms with Gasteiger partial charge in [0.15, 0.2) is 0 Å². The molecule has 0 amide bonds. The van der Waals surface area contributed by atoms with E-state index in [1.165, 1.54) is 0 Å². The van der Waals surface area contributed by atoms with E-state index in [1.807, 2.05) is 0 Å². The van der Waals surface area contributed by atoms with Gasteiger partial charge in [0.05, 0.1) is 5.75 Å². The van der Waals surface area contributed by atoms with E-state index < -0.39 is 14.6 Å². The number of carbonyl (C=O) groups is 1. The van der Waals surface area contributed by atoms with E-state index in [2.05, 4.69) is 17.2 Å². The van der Waals surface area contributed by atoms with Crippen LogP contribution >= 0.6 is 21.2 Å². The van der Waals surface area contributed by atoms with Gasteiger partial charge in [-0.15, -0.1) is 0 Å². The van der Waals surface area contributed by atoms with E-state index in [4.69, 9.17) is 9.79 Å². The Morgan fingerprint density at radius 3 is 2.38 bits per heavy atom. The number of rotatable bonds is 2. The Balaban J connectivity index is 3.25. The van der Waals surface area contributed by atoms with Gasteiger partial charge in [0.25, 0.3) is 0 Å². The SMILES string of the molecule is O=C(CS)OP(O)O. The molecule has 0 atom stereocenters. The van der Waals surface area contributed by atoms with E-state index in [9.17, 15) is 4.79 Å². The second-order valence-electron chi connectivity index (χ2n) is 0.874. The summed E-state index contributed by atoms with van der Waals surface area (Å²) in [5, 5.41) is 0. The highest BCUT2D eigenvalue weighted by molar-refractivity contribution is 7.81. The summed E-state index contributed by atoms with van der Waals surface area (Å²) in [4.78, 5) is 26.0. The van der Waals surface area contributed by atoms with Gasteiger partial charge in [-0.05, 0) is 0 Å². The topological polar surface area (TPSA) is 66.8 Å². The fourth-order valence-electron chi connectivity index (χ4n) is 0.120. The molecule has 0 aliphatic carbocycles. The molecule has 0 aliphatic heterocycles. The summed E-state index contributed by atoms with van der Waals surface area (Å²) in [7, 11) is -2.54. The third-order valence-corrected chi connectivity index (χ3v) is 0.938. The minimum atomic E-state index is -2.54. The van der Waals surface area contributed by atoms with E-state index in [1.54, 1.807) is 0 Å². The lowest BCUT2D eigenvalue weighted by Crippen LogP contribution is -2.00. The van der Waals surface area contributed by atoms with Crippen LogP contribution in [0.3, 0.4) is 0 Å². The fourth-order valence-corrected chi connectivity index (χ4v) is 0.533.